The Labute approximate surface area is 168 Å². The van der Waals surface area contributed by atoms with E-state index in [4.69, 9.17) is 0 Å². The highest BCUT2D eigenvalue weighted by Gasteiger charge is 2.59. The van der Waals surface area contributed by atoms with Gasteiger partial charge in [-0.15, -0.1) is 0 Å². The Morgan fingerprint density at radius 1 is 0.893 bits per heavy atom. The highest BCUT2D eigenvalue weighted by molar-refractivity contribution is 9.10. The lowest BCUT2D eigenvalue weighted by Crippen LogP contribution is -2.42. The van der Waals surface area contributed by atoms with Gasteiger partial charge in [0, 0.05) is 16.0 Å². The number of allylic oxidation sites excluding steroid dienone is 2. The van der Waals surface area contributed by atoms with Crippen LogP contribution in [0.5, 0.6) is 5.75 Å². The summed E-state index contributed by atoms with van der Waals surface area (Å²) in [5.74, 6) is -4.27. The first-order valence-corrected chi connectivity index (χ1v) is 10.0. The number of imide groups is 2. The molecule has 6 atom stereocenters. The van der Waals surface area contributed by atoms with Gasteiger partial charge in [0.15, 0.2) is 0 Å². The molecule has 1 aromatic carbocycles. The number of carbonyl (C=O) groups is 4. The Bertz CT molecular complexity index is 987. The number of carbonyl (C=O) groups excluding carboxylic acids is 4. The fourth-order valence-corrected chi connectivity index (χ4v) is 5.91. The number of phenols is 1. The van der Waals surface area contributed by atoms with Crippen LogP contribution >= 0.6 is 15.9 Å². The van der Waals surface area contributed by atoms with Crippen molar-refractivity contribution in [3.8, 4) is 5.75 Å². The van der Waals surface area contributed by atoms with Gasteiger partial charge < -0.3 is 5.11 Å². The number of phenolic OH excluding ortho intramolecular Hbond substituents is 1. The van der Waals surface area contributed by atoms with Crippen LogP contribution in [0.1, 0.15) is 24.3 Å². The Balaban J connectivity index is 1.69. The van der Waals surface area contributed by atoms with Crippen molar-refractivity contribution in [2.45, 2.75) is 18.8 Å². The van der Waals surface area contributed by atoms with E-state index in [9.17, 15) is 24.3 Å². The maximum absolute atomic E-state index is 12.6. The minimum Gasteiger partial charge on any atom is -0.508 e. The van der Waals surface area contributed by atoms with E-state index in [1.54, 1.807) is 18.2 Å². The van der Waals surface area contributed by atoms with Gasteiger partial charge in [0.1, 0.15) is 5.75 Å². The molecule has 7 nitrogen and oxygen atoms in total. The molecule has 2 saturated heterocycles. The van der Waals surface area contributed by atoms with Gasteiger partial charge in [-0.05, 0) is 37.0 Å². The van der Waals surface area contributed by atoms with Gasteiger partial charge in [-0.2, -0.15) is 0 Å². The SMILES string of the molecule is O=C1NC(=O)C2C1CC=C1C2CC2C(=O)NC(=O)C2C1c1cc(Br)ccc1O. The Kier molecular flexibility index (Phi) is 3.78. The summed E-state index contributed by atoms with van der Waals surface area (Å²) in [5, 5.41) is 15.4. The minimum absolute atomic E-state index is 0.0368. The second-order valence-electron chi connectivity index (χ2n) is 7.93. The molecule has 4 aliphatic rings. The summed E-state index contributed by atoms with van der Waals surface area (Å²) in [6.07, 6.45) is 2.69. The second kappa shape index (κ2) is 6.01. The Morgan fingerprint density at radius 2 is 1.57 bits per heavy atom. The first kappa shape index (κ1) is 17.6. The van der Waals surface area contributed by atoms with Crippen molar-refractivity contribution in [2.75, 3.05) is 0 Å². The van der Waals surface area contributed by atoms with E-state index >= 15 is 0 Å². The van der Waals surface area contributed by atoms with Gasteiger partial charge in [0.2, 0.25) is 23.6 Å². The number of amides is 4. The lowest BCUT2D eigenvalue weighted by Gasteiger charge is -2.44. The number of benzene rings is 1. The number of hydrogen-bond acceptors (Lipinski definition) is 5. The molecule has 3 N–H and O–H groups in total. The molecule has 28 heavy (non-hydrogen) atoms. The van der Waals surface area contributed by atoms with Gasteiger partial charge in [0.25, 0.3) is 0 Å². The molecule has 1 aromatic rings. The van der Waals surface area contributed by atoms with Crippen LogP contribution in [0.4, 0.5) is 0 Å². The maximum Gasteiger partial charge on any atom is 0.231 e. The Hall–Kier alpha value is -2.48. The van der Waals surface area contributed by atoms with Crippen molar-refractivity contribution in [3.63, 3.8) is 0 Å². The van der Waals surface area contributed by atoms with Crippen molar-refractivity contribution < 1.29 is 24.3 Å². The smallest absolute Gasteiger partial charge is 0.231 e. The molecule has 0 bridgehead atoms. The third-order valence-electron chi connectivity index (χ3n) is 6.66. The van der Waals surface area contributed by atoms with E-state index in [1.807, 2.05) is 6.08 Å². The number of hydrogen-bond donors (Lipinski definition) is 3. The highest BCUT2D eigenvalue weighted by Crippen LogP contribution is 2.57. The molecule has 0 radical (unpaired) electrons. The lowest BCUT2D eigenvalue weighted by molar-refractivity contribution is -0.128. The topological polar surface area (TPSA) is 113 Å². The summed E-state index contributed by atoms with van der Waals surface area (Å²) in [6.45, 7) is 0. The Morgan fingerprint density at radius 3 is 2.32 bits per heavy atom. The van der Waals surface area contributed by atoms with Crippen molar-refractivity contribution in [1.82, 2.24) is 10.6 Å². The first-order chi connectivity index (χ1) is 13.4. The normalized spacial score (nSPS) is 36.2. The van der Waals surface area contributed by atoms with Crippen LogP contribution < -0.4 is 10.6 Å². The summed E-state index contributed by atoms with van der Waals surface area (Å²) in [7, 11) is 0. The molecule has 2 heterocycles. The molecule has 8 heteroatoms. The molecule has 0 aromatic heterocycles. The van der Waals surface area contributed by atoms with Crippen LogP contribution in [0, 0.1) is 29.6 Å². The van der Waals surface area contributed by atoms with Gasteiger partial charge in [0.05, 0.1) is 23.7 Å². The van der Waals surface area contributed by atoms with E-state index in [0.29, 0.717) is 18.4 Å². The molecule has 144 valence electrons. The van der Waals surface area contributed by atoms with Crippen LogP contribution in [0.15, 0.2) is 34.3 Å². The fraction of sp³-hybridized carbons (Fsp3) is 0.400. The van der Waals surface area contributed by atoms with Crippen LogP contribution in [0.2, 0.25) is 0 Å². The van der Waals surface area contributed by atoms with Gasteiger partial charge in [-0.25, -0.2) is 0 Å². The van der Waals surface area contributed by atoms with Crippen molar-refractivity contribution in [2.24, 2.45) is 29.6 Å². The second-order valence-corrected chi connectivity index (χ2v) is 8.85. The number of rotatable bonds is 1. The van der Waals surface area contributed by atoms with E-state index in [1.165, 1.54) is 0 Å². The molecule has 5 rings (SSSR count). The fourth-order valence-electron chi connectivity index (χ4n) is 5.53. The first-order valence-electron chi connectivity index (χ1n) is 9.24. The third-order valence-corrected chi connectivity index (χ3v) is 7.15. The number of halogens is 1. The lowest BCUT2D eigenvalue weighted by atomic mass is 9.57. The minimum atomic E-state index is -0.632. The molecular weight excluding hydrogens is 428 g/mol. The standard InChI is InChI=1S/C20H17BrN2O5/c21-7-1-4-13(24)11(5-7)14-8-2-3-9-15(19(27)22-17(9)25)10(8)6-12-16(14)20(28)23-18(12)26/h1-2,4-5,9-10,12,14-16,24H,3,6H2,(H,22,25,27)(H,23,26,28). The molecular formula is C20H17BrN2O5. The maximum atomic E-state index is 12.6. The van der Waals surface area contributed by atoms with Crippen LogP contribution in [0.3, 0.4) is 0 Å². The highest BCUT2D eigenvalue weighted by atomic mass is 79.9. The zero-order valence-corrected chi connectivity index (χ0v) is 16.2. The molecule has 6 unspecified atom stereocenters. The van der Waals surface area contributed by atoms with Gasteiger partial charge in [-0.3, -0.25) is 29.8 Å². The van der Waals surface area contributed by atoms with Crippen molar-refractivity contribution in [3.05, 3.63) is 39.9 Å². The summed E-state index contributed by atoms with van der Waals surface area (Å²) in [6, 6.07) is 5.00. The summed E-state index contributed by atoms with van der Waals surface area (Å²) in [5.41, 5.74) is 1.42. The molecule has 4 amide bonds. The van der Waals surface area contributed by atoms with Crippen LogP contribution in [0.25, 0.3) is 0 Å². The number of aromatic hydroxyl groups is 1. The van der Waals surface area contributed by atoms with Crippen LogP contribution in [-0.2, 0) is 19.2 Å². The number of nitrogens with one attached hydrogen (secondary N) is 2. The predicted molar refractivity (Wildman–Crippen MR) is 99.6 cm³/mol. The average Bonchev–Trinajstić information content (AvgIpc) is 3.11. The van der Waals surface area contributed by atoms with Crippen molar-refractivity contribution in [1.29, 1.82) is 0 Å². The largest absolute Gasteiger partial charge is 0.508 e. The van der Waals surface area contributed by atoms with E-state index in [0.717, 1.165) is 10.0 Å². The van der Waals surface area contributed by atoms with E-state index in [-0.39, 0.29) is 35.3 Å². The molecule has 1 saturated carbocycles. The predicted octanol–water partition coefficient (Wildman–Crippen LogP) is 1.37. The van der Waals surface area contributed by atoms with Gasteiger partial charge in [-0.1, -0.05) is 27.6 Å². The van der Waals surface area contributed by atoms with E-state index in [2.05, 4.69) is 26.6 Å². The monoisotopic (exact) mass is 444 g/mol. The average molecular weight is 445 g/mol. The van der Waals surface area contributed by atoms with Crippen LogP contribution in [-0.4, -0.2) is 28.7 Å². The molecule has 2 aliphatic carbocycles. The zero-order chi connectivity index (χ0) is 19.7. The zero-order valence-electron chi connectivity index (χ0n) is 14.6. The molecule has 0 spiro atoms. The van der Waals surface area contributed by atoms with Crippen molar-refractivity contribution >= 4 is 39.6 Å². The molecule has 3 fully saturated rings. The number of fused-ring (bicyclic) bond motifs is 4. The molecule has 2 aliphatic heterocycles. The summed E-state index contributed by atoms with van der Waals surface area (Å²) >= 11 is 3.41. The summed E-state index contributed by atoms with van der Waals surface area (Å²) in [4.78, 5) is 49.7. The third kappa shape index (κ3) is 2.33. The van der Waals surface area contributed by atoms with E-state index < -0.39 is 29.6 Å². The van der Waals surface area contributed by atoms with Gasteiger partial charge >= 0.3 is 0 Å². The quantitative estimate of drug-likeness (QED) is 0.447. The summed E-state index contributed by atoms with van der Waals surface area (Å²) < 4.78 is 0.742.